The van der Waals surface area contributed by atoms with Gasteiger partial charge in [-0.2, -0.15) is 5.26 Å². The minimum atomic E-state index is -1.25. The van der Waals surface area contributed by atoms with Gasteiger partial charge in [0, 0.05) is 0 Å². The summed E-state index contributed by atoms with van der Waals surface area (Å²) >= 11 is 4.00. The number of rotatable bonds is 3. The first-order chi connectivity index (χ1) is 7.11. The highest BCUT2D eigenvalue weighted by Gasteiger charge is 2.43. The van der Waals surface area contributed by atoms with E-state index in [0.717, 1.165) is 0 Å². The Balaban J connectivity index is 2.62. The fourth-order valence-electron chi connectivity index (χ4n) is 1.39. The van der Waals surface area contributed by atoms with Crippen molar-refractivity contribution in [2.45, 2.75) is 29.9 Å². The molecule has 86 valence electrons. The molecule has 15 heavy (non-hydrogen) atoms. The van der Waals surface area contributed by atoms with E-state index in [-0.39, 0.29) is 6.61 Å². The van der Waals surface area contributed by atoms with Crippen LogP contribution >= 0.6 is 12.6 Å². The molecular formula is C8H13NO5S. The lowest BCUT2D eigenvalue weighted by Crippen LogP contribution is -2.57. The summed E-state index contributed by atoms with van der Waals surface area (Å²) in [5.41, 5.74) is -0.783. The fraction of sp³-hybridized carbons (Fsp3) is 0.875. The number of nitriles is 1. The van der Waals surface area contributed by atoms with Gasteiger partial charge in [-0.05, 0) is 0 Å². The van der Waals surface area contributed by atoms with Crippen LogP contribution in [-0.4, -0.2) is 58.4 Å². The van der Waals surface area contributed by atoms with E-state index >= 15 is 0 Å². The summed E-state index contributed by atoms with van der Waals surface area (Å²) in [6.07, 6.45) is -4.25. The topological polar surface area (TPSA) is 103 Å². The van der Waals surface area contributed by atoms with Crippen molar-refractivity contribution < 1.29 is 24.8 Å². The zero-order valence-corrected chi connectivity index (χ0v) is 8.75. The molecule has 1 rings (SSSR count). The van der Waals surface area contributed by atoms with Crippen LogP contribution in [0.5, 0.6) is 0 Å². The number of thiol groups is 1. The Morgan fingerprint density at radius 2 is 2.07 bits per heavy atom. The van der Waals surface area contributed by atoms with Gasteiger partial charge in [0.2, 0.25) is 0 Å². The first-order valence-corrected chi connectivity index (χ1v) is 4.92. The molecule has 1 fully saturated rings. The Kier molecular flexibility index (Phi) is 4.79. The average molecular weight is 235 g/mol. The lowest BCUT2D eigenvalue weighted by atomic mass is 10.0. The Morgan fingerprint density at radius 3 is 2.60 bits per heavy atom. The molecule has 5 atom stereocenters. The van der Waals surface area contributed by atoms with E-state index < -0.39 is 36.5 Å². The van der Waals surface area contributed by atoms with Crippen LogP contribution in [0, 0.1) is 11.3 Å². The van der Waals surface area contributed by atoms with E-state index in [0.29, 0.717) is 0 Å². The number of nitrogens with zero attached hydrogens (tertiary/aromatic N) is 1. The number of hydrogen-bond acceptors (Lipinski definition) is 7. The Bertz CT molecular complexity index is 246. The third-order valence-electron chi connectivity index (χ3n) is 2.18. The normalized spacial score (nSPS) is 41.1. The van der Waals surface area contributed by atoms with Gasteiger partial charge < -0.3 is 24.8 Å². The molecule has 1 saturated heterocycles. The molecule has 7 heteroatoms. The smallest absolute Gasteiger partial charge is 0.134 e. The van der Waals surface area contributed by atoms with Gasteiger partial charge in [-0.3, -0.25) is 0 Å². The molecule has 0 aromatic rings. The van der Waals surface area contributed by atoms with Gasteiger partial charge in [0.1, 0.15) is 36.5 Å². The van der Waals surface area contributed by atoms with Crippen LogP contribution < -0.4 is 0 Å². The van der Waals surface area contributed by atoms with Gasteiger partial charge in [0.25, 0.3) is 0 Å². The third-order valence-corrected chi connectivity index (χ3v) is 2.60. The Morgan fingerprint density at radius 1 is 1.40 bits per heavy atom. The largest absolute Gasteiger partial charge is 0.394 e. The van der Waals surface area contributed by atoms with Crippen LogP contribution in [0.2, 0.25) is 0 Å². The lowest BCUT2D eigenvalue weighted by molar-refractivity contribution is -0.215. The molecule has 0 amide bonds. The van der Waals surface area contributed by atoms with E-state index in [1.54, 1.807) is 6.07 Å². The maximum Gasteiger partial charge on any atom is 0.134 e. The summed E-state index contributed by atoms with van der Waals surface area (Å²) in [5, 5.41) is 36.2. The minimum absolute atomic E-state index is 0.224. The number of aliphatic hydroxyl groups is 3. The lowest BCUT2D eigenvalue weighted by Gasteiger charge is -2.39. The highest BCUT2D eigenvalue weighted by atomic mass is 32.1. The van der Waals surface area contributed by atoms with E-state index in [2.05, 4.69) is 12.6 Å². The monoisotopic (exact) mass is 235 g/mol. The van der Waals surface area contributed by atoms with Crippen LogP contribution in [0.1, 0.15) is 0 Å². The van der Waals surface area contributed by atoms with Crippen molar-refractivity contribution in [2.24, 2.45) is 0 Å². The van der Waals surface area contributed by atoms with Gasteiger partial charge >= 0.3 is 0 Å². The first kappa shape index (κ1) is 12.7. The predicted molar refractivity (Wildman–Crippen MR) is 52.1 cm³/mol. The van der Waals surface area contributed by atoms with Gasteiger partial charge in [-0.25, -0.2) is 0 Å². The molecule has 3 N–H and O–H groups in total. The molecule has 0 unspecified atom stereocenters. The van der Waals surface area contributed by atoms with Crippen molar-refractivity contribution in [1.29, 1.82) is 5.26 Å². The summed E-state index contributed by atoms with van der Waals surface area (Å²) in [6.45, 7) is -0.640. The van der Waals surface area contributed by atoms with E-state index in [1.807, 2.05) is 0 Å². The molecule has 0 aliphatic carbocycles. The van der Waals surface area contributed by atoms with Gasteiger partial charge in [-0.1, -0.05) is 0 Å². The van der Waals surface area contributed by atoms with Crippen molar-refractivity contribution in [3.05, 3.63) is 0 Å². The molecule has 6 nitrogen and oxygen atoms in total. The fourth-order valence-corrected chi connectivity index (χ4v) is 1.80. The van der Waals surface area contributed by atoms with Crippen LogP contribution in [0.4, 0.5) is 0 Å². The second kappa shape index (κ2) is 5.65. The second-order valence-corrected chi connectivity index (χ2v) is 3.67. The number of aliphatic hydroxyl groups excluding tert-OH is 3. The quantitative estimate of drug-likeness (QED) is 0.433. The Labute approximate surface area is 92.4 Å². The third kappa shape index (κ3) is 2.81. The highest BCUT2D eigenvalue weighted by Crippen LogP contribution is 2.25. The van der Waals surface area contributed by atoms with Crippen LogP contribution in [0.3, 0.4) is 0 Å². The van der Waals surface area contributed by atoms with Crippen LogP contribution in [-0.2, 0) is 9.47 Å². The standard InChI is InChI=1S/C8H13NO5S/c9-1-2-13-7-6(12)5(11)4(3-10)14-8(7)15/h4-8,10-12,15H,2-3H2/t4-,5+,6+,7-,8+/m1/s1. The molecule has 0 radical (unpaired) electrons. The minimum Gasteiger partial charge on any atom is -0.394 e. The number of hydrogen-bond donors (Lipinski definition) is 4. The van der Waals surface area contributed by atoms with E-state index in [4.69, 9.17) is 19.8 Å². The Hall–Kier alpha value is -0.360. The van der Waals surface area contributed by atoms with Crippen molar-refractivity contribution in [3.63, 3.8) is 0 Å². The molecule has 0 saturated carbocycles. The zero-order chi connectivity index (χ0) is 11.4. The van der Waals surface area contributed by atoms with Crippen molar-refractivity contribution in [3.8, 4) is 6.07 Å². The highest BCUT2D eigenvalue weighted by molar-refractivity contribution is 7.80. The first-order valence-electron chi connectivity index (χ1n) is 4.41. The van der Waals surface area contributed by atoms with Gasteiger partial charge in [-0.15, -0.1) is 12.6 Å². The molecule has 1 heterocycles. The molecule has 0 aromatic heterocycles. The summed E-state index contributed by atoms with van der Waals surface area (Å²) in [6, 6.07) is 1.74. The van der Waals surface area contributed by atoms with Crippen molar-refractivity contribution in [1.82, 2.24) is 0 Å². The van der Waals surface area contributed by atoms with Crippen LogP contribution in [0.25, 0.3) is 0 Å². The van der Waals surface area contributed by atoms with E-state index in [1.165, 1.54) is 0 Å². The molecule has 1 aliphatic rings. The SMILES string of the molecule is N#CCO[C@@H]1[C@@H](O)[C@@H](O)[C@@H](CO)O[C@H]1S. The number of ether oxygens (including phenoxy) is 2. The molecule has 0 spiro atoms. The van der Waals surface area contributed by atoms with Gasteiger partial charge in [0.15, 0.2) is 0 Å². The van der Waals surface area contributed by atoms with Crippen LogP contribution in [0.15, 0.2) is 0 Å². The molecular weight excluding hydrogens is 222 g/mol. The summed E-state index contributed by atoms with van der Waals surface area (Å²) in [4.78, 5) is 0. The zero-order valence-electron chi connectivity index (χ0n) is 7.85. The van der Waals surface area contributed by atoms with E-state index in [9.17, 15) is 10.2 Å². The van der Waals surface area contributed by atoms with Crippen molar-refractivity contribution >= 4 is 12.6 Å². The molecule has 0 bridgehead atoms. The van der Waals surface area contributed by atoms with Crippen molar-refractivity contribution in [2.75, 3.05) is 13.2 Å². The predicted octanol–water partition coefficient (Wildman–Crippen LogP) is -1.74. The maximum absolute atomic E-state index is 9.61. The van der Waals surface area contributed by atoms with Gasteiger partial charge in [0.05, 0.1) is 12.7 Å². The second-order valence-electron chi connectivity index (χ2n) is 3.16. The average Bonchev–Trinajstić information content (AvgIpc) is 2.23. The summed E-state index contributed by atoms with van der Waals surface area (Å²) in [7, 11) is 0. The summed E-state index contributed by atoms with van der Waals surface area (Å²) in [5.74, 6) is 0. The maximum atomic E-state index is 9.61. The molecule has 1 aliphatic heterocycles. The molecule has 0 aromatic carbocycles. The summed E-state index contributed by atoms with van der Waals surface area (Å²) < 4.78 is 10.1.